The Bertz CT molecular complexity index is 3690. The van der Waals surface area contributed by atoms with Crippen molar-refractivity contribution in [1.82, 2.24) is 24.1 Å². The largest absolute Gasteiger partial charge is 0.354 e. The van der Waals surface area contributed by atoms with E-state index in [2.05, 4.69) is 217 Å². The molecule has 12 rings (SSSR count). The van der Waals surface area contributed by atoms with Crippen molar-refractivity contribution in [2.45, 2.75) is 20.8 Å². The van der Waals surface area contributed by atoms with Crippen LogP contribution >= 0.6 is 0 Å². The third-order valence-corrected chi connectivity index (χ3v) is 12.6. The van der Waals surface area contributed by atoms with Crippen molar-refractivity contribution in [2.75, 3.05) is 0 Å². The lowest BCUT2D eigenvalue weighted by atomic mass is 9.94. The lowest BCUT2D eigenvalue weighted by molar-refractivity contribution is 1.08. The Morgan fingerprint density at radius 1 is 0.452 bits per heavy atom. The first-order valence-electron chi connectivity index (χ1n) is 21.2. The summed E-state index contributed by atoms with van der Waals surface area (Å²) in [6.07, 6.45) is 1.95. The summed E-state index contributed by atoms with van der Waals surface area (Å²) in [7, 11) is 0. The standard InChI is InChI=1S/C57H41N5/c1-35-30-36(2)54(37(3)31-35)41-28-29-58-53(34-41)62-50-27-25-39(38-14-6-4-7-15-38)32-48(50)45-26-24-40(33-52(45)62)43-19-13-23-51-56(43)60-57(61(51)42-16-8-5-9-17-42)47-21-12-20-46-44-18-10-11-22-49(44)59-55(46)47/h4-34,59H,1-3H3. The number of imidazole rings is 1. The van der Waals surface area contributed by atoms with Crippen LogP contribution in [0.15, 0.2) is 188 Å². The molecule has 0 unspecified atom stereocenters. The number of hydrogen-bond donors (Lipinski definition) is 1. The number of nitrogens with one attached hydrogen (secondary N) is 1. The number of para-hydroxylation sites is 4. The summed E-state index contributed by atoms with van der Waals surface area (Å²) < 4.78 is 4.65. The van der Waals surface area contributed by atoms with Gasteiger partial charge in [-0.15, -0.1) is 0 Å². The monoisotopic (exact) mass is 795 g/mol. The molecule has 8 aromatic carbocycles. The molecule has 0 aliphatic heterocycles. The Morgan fingerprint density at radius 3 is 2.02 bits per heavy atom. The van der Waals surface area contributed by atoms with Crippen molar-refractivity contribution in [3.05, 3.63) is 205 Å². The van der Waals surface area contributed by atoms with Crippen LogP contribution in [0.25, 0.3) is 111 Å². The minimum atomic E-state index is 0.881. The number of aromatic nitrogens is 5. The maximum atomic E-state index is 5.60. The maximum absolute atomic E-state index is 5.60. The zero-order valence-corrected chi connectivity index (χ0v) is 34.7. The summed E-state index contributed by atoms with van der Waals surface area (Å²) in [5.41, 5.74) is 19.2. The average molecular weight is 796 g/mol. The van der Waals surface area contributed by atoms with Gasteiger partial charge in [-0.3, -0.25) is 9.13 Å². The fraction of sp³-hybridized carbons (Fsp3) is 0.0526. The predicted octanol–water partition coefficient (Wildman–Crippen LogP) is 14.7. The maximum Gasteiger partial charge on any atom is 0.147 e. The van der Waals surface area contributed by atoms with E-state index in [0.717, 1.165) is 72.7 Å². The van der Waals surface area contributed by atoms with Crippen LogP contribution in [-0.2, 0) is 0 Å². The van der Waals surface area contributed by atoms with Crippen LogP contribution < -0.4 is 0 Å². The Morgan fingerprint density at radius 2 is 1.18 bits per heavy atom. The zero-order chi connectivity index (χ0) is 41.5. The molecule has 0 bridgehead atoms. The first kappa shape index (κ1) is 35.9. The first-order chi connectivity index (χ1) is 30.5. The molecule has 0 aliphatic rings. The molecule has 0 spiro atoms. The molecule has 0 aliphatic carbocycles. The SMILES string of the molecule is Cc1cc(C)c(-c2ccnc(-n3c4ccc(-c5ccccc5)cc4c4ccc(-c5cccc6c5nc(-c5cccc7c5[nH]c5ccccc57)n6-c5ccccc5)cc43)c2)c(C)c1. The quantitative estimate of drug-likeness (QED) is 0.182. The molecule has 0 fully saturated rings. The van der Waals surface area contributed by atoms with Gasteiger partial charge in [-0.2, -0.15) is 0 Å². The highest BCUT2D eigenvalue weighted by molar-refractivity contribution is 6.13. The molecule has 5 heteroatoms. The van der Waals surface area contributed by atoms with E-state index >= 15 is 0 Å². The summed E-state index contributed by atoms with van der Waals surface area (Å²) in [4.78, 5) is 14.4. The van der Waals surface area contributed by atoms with E-state index in [9.17, 15) is 0 Å². The third-order valence-electron chi connectivity index (χ3n) is 12.6. The van der Waals surface area contributed by atoms with Crippen LogP contribution in [0.4, 0.5) is 0 Å². The second kappa shape index (κ2) is 14.0. The van der Waals surface area contributed by atoms with E-state index in [0.29, 0.717) is 0 Å². The van der Waals surface area contributed by atoms with Gasteiger partial charge in [0, 0.05) is 50.1 Å². The summed E-state index contributed by atoms with van der Waals surface area (Å²) in [5, 5.41) is 4.74. The highest BCUT2D eigenvalue weighted by Gasteiger charge is 2.22. The van der Waals surface area contributed by atoms with Gasteiger partial charge >= 0.3 is 0 Å². The Hall–Kier alpha value is -8.02. The van der Waals surface area contributed by atoms with Crippen molar-refractivity contribution in [1.29, 1.82) is 0 Å². The van der Waals surface area contributed by atoms with Gasteiger partial charge in [0.15, 0.2) is 0 Å². The van der Waals surface area contributed by atoms with E-state index < -0.39 is 0 Å². The first-order valence-corrected chi connectivity index (χ1v) is 21.2. The molecular formula is C57H41N5. The van der Waals surface area contributed by atoms with Gasteiger partial charge in [-0.05, 0) is 120 Å². The van der Waals surface area contributed by atoms with Crippen molar-refractivity contribution in [3.63, 3.8) is 0 Å². The highest BCUT2D eigenvalue weighted by atomic mass is 15.1. The molecule has 0 radical (unpaired) electrons. The van der Waals surface area contributed by atoms with Gasteiger partial charge in [0.25, 0.3) is 0 Å². The fourth-order valence-corrected chi connectivity index (χ4v) is 9.99. The molecule has 0 saturated heterocycles. The van der Waals surface area contributed by atoms with Crippen LogP contribution in [0, 0.1) is 20.8 Å². The molecule has 4 heterocycles. The molecule has 0 atom stereocenters. The zero-order valence-electron chi connectivity index (χ0n) is 34.7. The number of pyridine rings is 1. The Kier molecular flexibility index (Phi) is 8.12. The summed E-state index contributed by atoms with van der Waals surface area (Å²) in [6.45, 7) is 6.58. The fourth-order valence-electron chi connectivity index (χ4n) is 9.99. The van der Waals surface area contributed by atoms with E-state index in [1.165, 1.54) is 54.9 Å². The minimum absolute atomic E-state index is 0.881. The van der Waals surface area contributed by atoms with E-state index in [1.807, 2.05) is 6.20 Å². The van der Waals surface area contributed by atoms with Gasteiger partial charge in [-0.1, -0.05) is 127 Å². The molecule has 5 nitrogen and oxygen atoms in total. The van der Waals surface area contributed by atoms with Gasteiger partial charge < -0.3 is 4.98 Å². The van der Waals surface area contributed by atoms with Gasteiger partial charge in [0.2, 0.25) is 0 Å². The molecule has 62 heavy (non-hydrogen) atoms. The number of fused-ring (bicyclic) bond motifs is 7. The Balaban J connectivity index is 1.10. The van der Waals surface area contributed by atoms with Crippen molar-refractivity contribution in [2.24, 2.45) is 0 Å². The number of nitrogens with zero attached hydrogens (tertiary/aromatic N) is 4. The number of aryl methyl sites for hydroxylation is 3. The molecule has 0 saturated carbocycles. The lowest BCUT2D eigenvalue weighted by Crippen LogP contribution is -1.99. The van der Waals surface area contributed by atoms with Crippen LogP contribution in [-0.4, -0.2) is 24.1 Å². The third kappa shape index (κ3) is 5.62. The van der Waals surface area contributed by atoms with E-state index in [1.54, 1.807) is 0 Å². The lowest BCUT2D eigenvalue weighted by Gasteiger charge is -2.14. The number of hydrogen-bond acceptors (Lipinski definition) is 2. The van der Waals surface area contributed by atoms with Crippen molar-refractivity contribution >= 4 is 54.6 Å². The molecule has 12 aromatic rings. The predicted molar refractivity (Wildman–Crippen MR) is 259 cm³/mol. The van der Waals surface area contributed by atoms with Crippen LogP contribution in [0.1, 0.15) is 16.7 Å². The van der Waals surface area contributed by atoms with Crippen LogP contribution in [0.5, 0.6) is 0 Å². The van der Waals surface area contributed by atoms with Crippen LogP contribution in [0.3, 0.4) is 0 Å². The second-order valence-corrected chi connectivity index (χ2v) is 16.5. The average Bonchev–Trinajstić information content (AvgIpc) is 3.99. The molecule has 1 N–H and O–H groups in total. The number of benzene rings is 8. The topological polar surface area (TPSA) is 51.4 Å². The van der Waals surface area contributed by atoms with E-state index in [4.69, 9.17) is 9.97 Å². The second-order valence-electron chi connectivity index (χ2n) is 16.5. The summed E-state index contributed by atoms with van der Waals surface area (Å²) in [5.74, 6) is 1.77. The number of H-pyrrole nitrogens is 1. The van der Waals surface area contributed by atoms with E-state index in [-0.39, 0.29) is 0 Å². The van der Waals surface area contributed by atoms with Gasteiger partial charge in [-0.25, -0.2) is 9.97 Å². The normalized spacial score (nSPS) is 11.8. The Labute approximate surface area is 359 Å². The molecule has 294 valence electrons. The number of rotatable bonds is 6. The van der Waals surface area contributed by atoms with Crippen LogP contribution in [0.2, 0.25) is 0 Å². The van der Waals surface area contributed by atoms with Gasteiger partial charge in [0.05, 0.1) is 27.6 Å². The highest BCUT2D eigenvalue weighted by Crippen LogP contribution is 2.41. The molecule has 4 aromatic heterocycles. The molecular weight excluding hydrogens is 755 g/mol. The summed E-state index contributed by atoms with van der Waals surface area (Å²) in [6, 6.07) is 65.5. The number of aromatic amines is 1. The smallest absolute Gasteiger partial charge is 0.147 e. The van der Waals surface area contributed by atoms with Crippen molar-refractivity contribution in [3.8, 4) is 56.3 Å². The minimum Gasteiger partial charge on any atom is -0.354 e. The van der Waals surface area contributed by atoms with Gasteiger partial charge in [0.1, 0.15) is 11.6 Å². The molecule has 0 amide bonds. The van der Waals surface area contributed by atoms with Crippen molar-refractivity contribution < 1.29 is 0 Å². The summed E-state index contributed by atoms with van der Waals surface area (Å²) >= 11 is 0.